The fourth-order valence-electron chi connectivity index (χ4n) is 2.49. The molecule has 146 valence electrons. The van der Waals surface area contributed by atoms with Gasteiger partial charge in [0.1, 0.15) is 12.1 Å². The Balaban J connectivity index is 2.94. The van der Waals surface area contributed by atoms with E-state index in [2.05, 4.69) is 15.4 Å². The third-order valence-electron chi connectivity index (χ3n) is 3.89. The van der Waals surface area contributed by atoms with Crippen molar-refractivity contribution in [2.75, 3.05) is 12.8 Å². The summed E-state index contributed by atoms with van der Waals surface area (Å²) in [4.78, 5) is 24.8. The molecule has 0 saturated carbocycles. The maximum atomic E-state index is 12.7. The molecule has 1 rings (SSSR count). The summed E-state index contributed by atoms with van der Waals surface area (Å²) in [7, 11) is -2.04. The molecule has 0 radical (unpaired) electrons. The Morgan fingerprint density at radius 3 is 2.15 bits per heavy atom. The topological polar surface area (TPSA) is 104 Å². The Morgan fingerprint density at radius 1 is 1.04 bits per heavy atom. The number of carbonyl (C=O) groups excluding carboxylic acids is 2. The van der Waals surface area contributed by atoms with E-state index in [0.29, 0.717) is 12.8 Å². The molecular formula is C18H29N3O4S. The quantitative estimate of drug-likeness (QED) is 0.556. The van der Waals surface area contributed by atoms with Crippen molar-refractivity contribution in [2.24, 2.45) is 5.92 Å². The molecule has 2 amide bonds. The summed E-state index contributed by atoms with van der Waals surface area (Å²) in [5, 5.41) is 5.23. The van der Waals surface area contributed by atoms with Crippen molar-refractivity contribution < 1.29 is 18.0 Å². The van der Waals surface area contributed by atoms with E-state index in [9.17, 15) is 18.0 Å². The van der Waals surface area contributed by atoms with E-state index in [4.69, 9.17) is 0 Å². The first-order chi connectivity index (χ1) is 12.2. The molecule has 0 unspecified atom stereocenters. The van der Waals surface area contributed by atoms with Gasteiger partial charge in [0, 0.05) is 13.5 Å². The number of benzene rings is 1. The number of rotatable bonds is 10. The summed E-state index contributed by atoms with van der Waals surface area (Å²) in [5.41, 5.74) is 0.899. The number of sulfonamides is 1. The van der Waals surface area contributed by atoms with Crippen LogP contribution < -0.4 is 15.4 Å². The number of hydrogen-bond donors (Lipinski definition) is 3. The lowest BCUT2D eigenvalue weighted by Gasteiger charge is -2.23. The van der Waals surface area contributed by atoms with E-state index in [1.165, 1.54) is 14.0 Å². The molecule has 8 heteroatoms. The summed E-state index contributed by atoms with van der Waals surface area (Å²) in [6.07, 6.45) is 0.665. The molecule has 1 aromatic rings. The Bertz CT molecular complexity index is 690. The van der Waals surface area contributed by atoms with Crippen LogP contribution in [0.15, 0.2) is 30.3 Å². The van der Waals surface area contributed by atoms with Crippen LogP contribution in [0.2, 0.25) is 0 Å². The van der Waals surface area contributed by atoms with E-state index in [1.54, 1.807) is 0 Å². The maximum Gasteiger partial charge on any atom is 0.242 e. The van der Waals surface area contributed by atoms with Crippen LogP contribution in [0.4, 0.5) is 0 Å². The van der Waals surface area contributed by atoms with Crippen molar-refractivity contribution in [3.05, 3.63) is 35.9 Å². The summed E-state index contributed by atoms with van der Waals surface area (Å²) in [5.74, 6) is -0.834. The molecule has 0 aliphatic heterocycles. The lowest BCUT2D eigenvalue weighted by Crippen LogP contribution is -2.54. The van der Waals surface area contributed by atoms with Gasteiger partial charge in [-0.3, -0.25) is 9.59 Å². The fourth-order valence-corrected chi connectivity index (χ4v) is 3.29. The first kappa shape index (κ1) is 22.1. The van der Waals surface area contributed by atoms with Gasteiger partial charge < -0.3 is 10.6 Å². The Labute approximate surface area is 156 Å². The fraction of sp³-hybridized carbons (Fsp3) is 0.556. The van der Waals surface area contributed by atoms with Gasteiger partial charge >= 0.3 is 0 Å². The number of likely N-dealkylation sites (N-methyl/N-ethyl adjacent to an activating group) is 1. The van der Waals surface area contributed by atoms with Gasteiger partial charge in [-0.05, 0) is 24.8 Å². The third kappa shape index (κ3) is 7.53. The highest BCUT2D eigenvalue weighted by Crippen LogP contribution is 2.09. The SMILES string of the molecule is CCS(=O)(=O)N[C@@H](CC(C)C)C(=O)N[C@@H](Cc1ccccc1)C(=O)NC. The second-order valence-corrected chi connectivity index (χ2v) is 8.61. The van der Waals surface area contributed by atoms with E-state index in [0.717, 1.165) is 5.56 Å². The predicted octanol–water partition coefficient (Wildman–Crippen LogP) is 0.814. The van der Waals surface area contributed by atoms with Gasteiger partial charge in [-0.1, -0.05) is 44.2 Å². The van der Waals surface area contributed by atoms with Crippen LogP contribution in [0.3, 0.4) is 0 Å². The second kappa shape index (κ2) is 10.3. The van der Waals surface area contributed by atoms with Crippen molar-refractivity contribution in [3.63, 3.8) is 0 Å². The normalized spacial score (nSPS) is 13.9. The average molecular weight is 384 g/mol. The zero-order valence-electron chi connectivity index (χ0n) is 15.8. The summed E-state index contributed by atoms with van der Waals surface area (Å²) < 4.78 is 26.2. The molecule has 1 aromatic carbocycles. The lowest BCUT2D eigenvalue weighted by molar-refractivity contribution is -0.129. The number of carbonyl (C=O) groups is 2. The third-order valence-corrected chi connectivity index (χ3v) is 5.29. The minimum Gasteiger partial charge on any atom is -0.357 e. The highest BCUT2D eigenvalue weighted by molar-refractivity contribution is 7.89. The van der Waals surface area contributed by atoms with Crippen molar-refractivity contribution in [2.45, 2.75) is 45.7 Å². The molecule has 0 aromatic heterocycles. The van der Waals surface area contributed by atoms with Crippen molar-refractivity contribution in [1.82, 2.24) is 15.4 Å². The van der Waals surface area contributed by atoms with Gasteiger partial charge in [0.25, 0.3) is 0 Å². The molecule has 0 spiro atoms. The van der Waals surface area contributed by atoms with Crippen LogP contribution in [0.1, 0.15) is 32.8 Å². The maximum absolute atomic E-state index is 12.7. The van der Waals surface area contributed by atoms with Crippen molar-refractivity contribution in [3.8, 4) is 0 Å². The minimum absolute atomic E-state index is 0.109. The molecule has 3 N–H and O–H groups in total. The summed E-state index contributed by atoms with van der Waals surface area (Å²) in [6.45, 7) is 5.32. The van der Waals surface area contributed by atoms with Gasteiger partial charge in [0.15, 0.2) is 0 Å². The average Bonchev–Trinajstić information content (AvgIpc) is 2.60. The molecular weight excluding hydrogens is 354 g/mol. The Morgan fingerprint density at radius 2 is 1.65 bits per heavy atom. The molecule has 0 fully saturated rings. The predicted molar refractivity (Wildman–Crippen MR) is 102 cm³/mol. The van der Waals surface area contributed by atoms with E-state index in [-0.39, 0.29) is 17.6 Å². The van der Waals surface area contributed by atoms with Crippen LogP contribution in [-0.4, -0.2) is 45.1 Å². The smallest absolute Gasteiger partial charge is 0.242 e. The Hall–Kier alpha value is -1.93. The van der Waals surface area contributed by atoms with Gasteiger partial charge in [0.05, 0.1) is 5.75 Å². The molecule has 0 aliphatic carbocycles. The van der Waals surface area contributed by atoms with Gasteiger partial charge in [-0.25, -0.2) is 13.1 Å². The summed E-state index contributed by atoms with van der Waals surface area (Å²) >= 11 is 0. The standard InChI is InChI=1S/C18H29N3O4S/c1-5-26(24,25)21-16(11-13(2)3)18(23)20-15(17(22)19-4)12-14-9-7-6-8-10-14/h6-10,13,15-16,21H,5,11-12H2,1-4H3,(H,19,22)(H,20,23)/t15-,16-/m0/s1. The number of amides is 2. The van der Waals surface area contributed by atoms with E-state index >= 15 is 0 Å². The van der Waals surface area contributed by atoms with Crippen molar-refractivity contribution >= 4 is 21.8 Å². The number of nitrogens with one attached hydrogen (secondary N) is 3. The largest absolute Gasteiger partial charge is 0.357 e. The molecule has 0 aliphatic rings. The molecule has 2 atom stereocenters. The molecule has 0 bridgehead atoms. The van der Waals surface area contributed by atoms with Gasteiger partial charge in [-0.2, -0.15) is 0 Å². The first-order valence-corrected chi connectivity index (χ1v) is 10.4. The zero-order valence-corrected chi connectivity index (χ0v) is 16.6. The first-order valence-electron chi connectivity index (χ1n) is 8.74. The molecule has 26 heavy (non-hydrogen) atoms. The van der Waals surface area contributed by atoms with Gasteiger partial charge in [0.2, 0.25) is 21.8 Å². The Kier molecular flexibility index (Phi) is 8.74. The lowest BCUT2D eigenvalue weighted by atomic mass is 10.0. The number of hydrogen-bond acceptors (Lipinski definition) is 4. The van der Waals surface area contributed by atoms with Gasteiger partial charge in [-0.15, -0.1) is 0 Å². The van der Waals surface area contributed by atoms with Crippen LogP contribution in [-0.2, 0) is 26.0 Å². The monoisotopic (exact) mass is 383 g/mol. The highest BCUT2D eigenvalue weighted by Gasteiger charge is 2.28. The zero-order chi connectivity index (χ0) is 19.7. The second-order valence-electron chi connectivity index (χ2n) is 6.57. The van der Waals surface area contributed by atoms with Crippen molar-refractivity contribution in [1.29, 1.82) is 0 Å². The molecule has 7 nitrogen and oxygen atoms in total. The van der Waals surface area contributed by atoms with E-state index < -0.39 is 28.0 Å². The molecule has 0 heterocycles. The van der Waals surface area contributed by atoms with Crippen LogP contribution in [0, 0.1) is 5.92 Å². The van der Waals surface area contributed by atoms with Crippen LogP contribution >= 0.6 is 0 Å². The summed E-state index contributed by atoms with van der Waals surface area (Å²) in [6, 6.07) is 7.62. The van der Waals surface area contributed by atoms with E-state index in [1.807, 2.05) is 44.2 Å². The highest BCUT2D eigenvalue weighted by atomic mass is 32.2. The van der Waals surface area contributed by atoms with Crippen LogP contribution in [0.5, 0.6) is 0 Å². The minimum atomic E-state index is -3.54. The van der Waals surface area contributed by atoms with Crippen LogP contribution in [0.25, 0.3) is 0 Å². The molecule has 0 saturated heterocycles.